The van der Waals surface area contributed by atoms with E-state index in [-0.39, 0.29) is 11.9 Å². The van der Waals surface area contributed by atoms with Gasteiger partial charge in [0, 0.05) is 11.3 Å². The van der Waals surface area contributed by atoms with Crippen molar-refractivity contribution in [3.63, 3.8) is 0 Å². The monoisotopic (exact) mass is 395 g/mol. The number of anilines is 1. The number of carbonyl (C=O) groups is 2. The summed E-state index contributed by atoms with van der Waals surface area (Å²) in [6.07, 6.45) is 3.74. The van der Waals surface area contributed by atoms with E-state index >= 15 is 0 Å². The minimum Gasteiger partial charge on any atom is -0.462 e. The van der Waals surface area contributed by atoms with Crippen molar-refractivity contribution in [3.05, 3.63) is 113 Å². The van der Waals surface area contributed by atoms with Gasteiger partial charge in [-0.3, -0.25) is 9.69 Å². The van der Waals surface area contributed by atoms with Crippen molar-refractivity contribution in [2.24, 2.45) is 0 Å². The van der Waals surface area contributed by atoms with Crippen molar-refractivity contribution in [1.29, 1.82) is 0 Å². The molecule has 0 N–H and O–H groups in total. The van der Waals surface area contributed by atoms with Gasteiger partial charge in [0.25, 0.3) is 5.91 Å². The van der Waals surface area contributed by atoms with Crippen LogP contribution in [0.4, 0.5) is 5.69 Å². The van der Waals surface area contributed by atoms with Gasteiger partial charge in [0.1, 0.15) is 0 Å². The Kier molecular flexibility index (Phi) is 5.57. The number of carbonyl (C=O) groups excluding carboxylic acids is 2. The SMILES string of the molecule is CCOC(=O)c1ccc(/C=C2\C=C(c3ccccc3)N(c3ccccc3)C2=O)cc1. The number of hydrogen-bond acceptors (Lipinski definition) is 3. The molecule has 0 spiro atoms. The third-order valence-corrected chi connectivity index (χ3v) is 4.81. The number of rotatable bonds is 5. The quantitative estimate of drug-likeness (QED) is 0.433. The molecule has 0 fully saturated rings. The van der Waals surface area contributed by atoms with Gasteiger partial charge in [0.15, 0.2) is 0 Å². The van der Waals surface area contributed by atoms with Crippen LogP contribution in [0.15, 0.2) is 96.6 Å². The molecule has 0 aromatic heterocycles. The Hall–Kier alpha value is -3.92. The van der Waals surface area contributed by atoms with Crippen molar-refractivity contribution in [3.8, 4) is 0 Å². The molecule has 1 aliphatic heterocycles. The first-order valence-corrected chi connectivity index (χ1v) is 9.83. The zero-order chi connectivity index (χ0) is 20.9. The first kappa shape index (κ1) is 19.4. The molecule has 4 rings (SSSR count). The van der Waals surface area contributed by atoms with Gasteiger partial charge in [0.05, 0.1) is 17.9 Å². The average molecular weight is 395 g/mol. The van der Waals surface area contributed by atoms with E-state index in [4.69, 9.17) is 4.74 Å². The van der Waals surface area contributed by atoms with Crippen molar-refractivity contribution < 1.29 is 14.3 Å². The number of esters is 1. The van der Waals surface area contributed by atoms with Crippen LogP contribution in [0.1, 0.15) is 28.4 Å². The smallest absolute Gasteiger partial charge is 0.338 e. The fraction of sp³-hybridized carbons (Fsp3) is 0.0769. The summed E-state index contributed by atoms with van der Waals surface area (Å²) in [6, 6.07) is 26.5. The molecule has 4 heteroatoms. The molecule has 148 valence electrons. The van der Waals surface area contributed by atoms with Crippen LogP contribution >= 0.6 is 0 Å². The number of hydrogen-bond donors (Lipinski definition) is 0. The maximum Gasteiger partial charge on any atom is 0.338 e. The van der Waals surface area contributed by atoms with Crippen molar-refractivity contribution in [2.75, 3.05) is 11.5 Å². The average Bonchev–Trinajstić information content (AvgIpc) is 3.11. The highest BCUT2D eigenvalue weighted by Crippen LogP contribution is 2.35. The van der Waals surface area contributed by atoms with Crippen LogP contribution in [0.5, 0.6) is 0 Å². The number of ether oxygens (including phenoxy) is 1. The number of benzene rings is 3. The van der Waals surface area contributed by atoms with E-state index in [1.807, 2.05) is 84.9 Å². The van der Waals surface area contributed by atoms with Crippen LogP contribution in [-0.2, 0) is 9.53 Å². The Morgan fingerprint density at radius 3 is 2.17 bits per heavy atom. The fourth-order valence-corrected chi connectivity index (χ4v) is 3.38. The van der Waals surface area contributed by atoms with Crippen molar-refractivity contribution in [2.45, 2.75) is 6.92 Å². The minimum atomic E-state index is -0.352. The van der Waals surface area contributed by atoms with Crippen LogP contribution in [0, 0.1) is 0 Å². The van der Waals surface area contributed by atoms with Gasteiger partial charge in [-0.15, -0.1) is 0 Å². The fourth-order valence-electron chi connectivity index (χ4n) is 3.38. The molecule has 0 bridgehead atoms. The van der Waals surface area contributed by atoms with E-state index < -0.39 is 0 Å². The van der Waals surface area contributed by atoms with Gasteiger partial charge < -0.3 is 4.74 Å². The highest BCUT2D eigenvalue weighted by Gasteiger charge is 2.30. The molecule has 0 radical (unpaired) electrons. The lowest BCUT2D eigenvalue weighted by molar-refractivity contribution is -0.113. The summed E-state index contributed by atoms with van der Waals surface area (Å²) >= 11 is 0. The largest absolute Gasteiger partial charge is 0.462 e. The lowest BCUT2D eigenvalue weighted by atomic mass is 10.1. The van der Waals surface area contributed by atoms with Crippen LogP contribution in [-0.4, -0.2) is 18.5 Å². The zero-order valence-electron chi connectivity index (χ0n) is 16.6. The van der Waals surface area contributed by atoms with E-state index in [2.05, 4.69) is 0 Å². The normalized spacial score (nSPS) is 14.7. The Bertz CT molecular complexity index is 1110. The zero-order valence-corrected chi connectivity index (χ0v) is 16.6. The molecule has 0 saturated carbocycles. The molecular weight excluding hydrogens is 374 g/mol. The number of amides is 1. The molecule has 4 nitrogen and oxygen atoms in total. The summed E-state index contributed by atoms with van der Waals surface area (Å²) < 4.78 is 5.02. The van der Waals surface area contributed by atoms with Crippen molar-refractivity contribution >= 4 is 29.3 Å². The van der Waals surface area contributed by atoms with Crippen LogP contribution in [0.3, 0.4) is 0 Å². The molecule has 0 aliphatic carbocycles. The third kappa shape index (κ3) is 3.94. The maximum atomic E-state index is 13.3. The van der Waals surface area contributed by atoms with E-state index in [0.717, 1.165) is 22.5 Å². The molecule has 1 aliphatic rings. The predicted octanol–water partition coefficient (Wildman–Crippen LogP) is 5.33. The number of nitrogens with zero attached hydrogens (tertiary/aromatic N) is 1. The summed E-state index contributed by atoms with van der Waals surface area (Å²) in [6.45, 7) is 2.11. The molecule has 3 aromatic rings. The van der Waals surface area contributed by atoms with Crippen LogP contribution in [0.2, 0.25) is 0 Å². The van der Waals surface area contributed by atoms with Crippen LogP contribution < -0.4 is 4.90 Å². The summed E-state index contributed by atoms with van der Waals surface area (Å²) in [5, 5.41) is 0. The Morgan fingerprint density at radius 2 is 1.53 bits per heavy atom. The first-order valence-electron chi connectivity index (χ1n) is 9.83. The Morgan fingerprint density at radius 1 is 0.900 bits per heavy atom. The van der Waals surface area contributed by atoms with Gasteiger partial charge in [-0.05, 0) is 54.5 Å². The molecule has 0 atom stereocenters. The van der Waals surface area contributed by atoms with Gasteiger partial charge >= 0.3 is 5.97 Å². The molecule has 0 unspecified atom stereocenters. The molecule has 0 saturated heterocycles. The first-order chi connectivity index (χ1) is 14.7. The van der Waals surface area contributed by atoms with Gasteiger partial charge in [0.2, 0.25) is 0 Å². The summed E-state index contributed by atoms with van der Waals surface area (Å²) in [5.74, 6) is -0.440. The van der Waals surface area contributed by atoms with E-state index in [9.17, 15) is 9.59 Å². The van der Waals surface area contributed by atoms with E-state index in [1.54, 1.807) is 24.0 Å². The van der Waals surface area contributed by atoms with Crippen LogP contribution in [0.25, 0.3) is 11.8 Å². The predicted molar refractivity (Wildman–Crippen MR) is 119 cm³/mol. The van der Waals surface area contributed by atoms with Gasteiger partial charge in [-0.2, -0.15) is 0 Å². The summed E-state index contributed by atoms with van der Waals surface area (Å²) in [4.78, 5) is 26.9. The van der Waals surface area contributed by atoms with E-state index in [1.165, 1.54) is 0 Å². The maximum absolute atomic E-state index is 13.3. The number of para-hydroxylation sites is 1. The van der Waals surface area contributed by atoms with Gasteiger partial charge in [-0.25, -0.2) is 4.79 Å². The molecule has 30 heavy (non-hydrogen) atoms. The summed E-state index contributed by atoms with van der Waals surface area (Å²) in [5.41, 5.74) is 4.53. The standard InChI is InChI=1S/C26H21NO3/c1-2-30-26(29)21-15-13-19(14-16-21)17-22-18-24(20-9-5-3-6-10-20)27(25(22)28)23-11-7-4-8-12-23/h3-18H,2H2,1H3/b22-17+. The Balaban J connectivity index is 1.70. The summed E-state index contributed by atoms with van der Waals surface area (Å²) in [7, 11) is 0. The second kappa shape index (κ2) is 8.62. The molecular formula is C26H21NO3. The van der Waals surface area contributed by atoms with E-state index in [0.29, 0.717) is 17.7 Å². The molecule has 1 amide bonds. The second-order valence-electron chi connectivity index (χ2n) is 6.81. The topological polar surface area (TPSA) is 46.6 Å². The lowest BCUT2D eigenvalue weighted by Crippen LogP contribution is -2.24. The van der Waals surface area contributed by atoms with Gasteiger partial charge in [-0.1, -0.05) is 60.7 Å². The highest BCUT2D eigenvalue weighted by atomic mass is 16.5. The highest BCUT2D eigenvalue weighted by molar-refractivity contribution is 6.23. The molecule has 3 aromatic carbocycles. The lowest BCUT2D eigenvalue weighted by Gasteiger charge is -2.20. The minimum absolute atomic E-state index is 0.0884. The van der Waals surface area contributed by atoms with Crippen molar-refractivity contribution in [1.82, 2.24) is 0 Å². The second-order valence-corrected chi connectivity index (χ2v) is 6.81. The Labute approximate surface area is 175 Å². The third-order valence-electron chi connectivity index (χ3n) is 4.81. The molecule has 1 heterocycles.